The quantitative estimate of drug-likeness (QED) is 0.389. The van der Waals surface area contributed by atoms with Gasteiger partial charge in [-0.2, -0.15) is 0 Å². The Balaban J connectivity index is 1.53. The fourth-order valence-corrected chi connectivity index (χ4v) is 4.46. The van der Waals surface area contributed by atoms with E-state index in [4.69, 9.17) is 9.47 Å². The maximum atomic E-state index is 13.5. The summed E-state index contributed by atoms with van der Waals surface area (Å²) < 4.78 is 11.6. The van der Waals surface area contributed by atoms with E-state index in [-0.39, 0.29) is 5.91 Å². The van der Waals surface area contributed by atoms with Crippen LogP contribution in [-0.4, -0.2) is 73.7 Å². The monoisotopic (exact) mass is 529 g/mol. The number of carbonyl (C=O) groups is 2. The number of aryl methyl sites for hydroxylation is 1. The second kappa shape index (κ2) is 12.5. The SMILES string of the molecule is Cc1ccc(OCCN2CCN(C)CC2)cc1C(=O)Nc1cc(-c2ccccc2)ccc1C(=O)OC(C)(C)C. The van der Waals surface area contributed by atoms with Gasteiger partial charge in [0.15, 0.2) is 0 Å². The van der Waals surface area contributed by atoms with E-state index < -0.39 is 11.6 Å². The first-order chi connectivity index (χ1) is 18.6. The summed E-state index contributed by atoms with van der Waals surface area (Å²) in [5.41, 5.74) is 3.21. The van der Waals surface area contributed by atoms with E-state index in [0.29, 0.717) is 29.2 Å². The van der Waals surface area contributed by atoms with Crippen LogP contribution in [0.2, 0.25) is 0 Å². The summed E-state index contributed by atoms with van der Waals surface area (Å²) in [6, 6.07) is 20.8. The lowest BCUT2D eigenvalue weighted by Gasteiger charge is -2.32. The van der Waals surface area contributed by atoms with Crippen LogP contribution < -0.4 is 10.1 Å². The largest absolute Gasteiger partial charge is 0.492 e. The highest BCUT2D eigenvalue weighted by molar-refractivity contribution is 6.09. The Morgan fingerprint density at radius 2 is 1.59 bits per heavy atom. The van der Waals surface area contributed by atoms with Gasteiger partial charge in [-0.25, -0.2) is 4.79 Å². The lowest BCUT2D eigenvalue weighted by Crippen LogP contribution is -2.45. The number of benzene rings is 3. The van der Waals surface area contributed by atoms with Crippen LogP contribution in [0.3, 0.4) is 0 Å². The van der Waals surface area contributed by atoms with Crippen LogP contribution in [0.25, 0.3) is 11.1 Å². The van der Waals surface area contributed by atoms with E-state index >= 15 is 0 Å². The van der Waals surface area contributed by atoms with Crippen LogP contribution in [0.15, 0.2) is 66.7 Å². The van der Waals surface area contributed by atoms with Gasteiger partial charge < -0.3 is 19.7 Å². The van der Waals surface area contributed by atoms with Crippen molar-refractivity contribution in [3.05, 3.63) is 83.4 Å². The van der Waals surface area contributed by atoms with Crippen LogP contribution in [-0.2, 0) is 4.74 Å². The molecule has 0 radical (unpaired) electrons. The predicted molar refractivity (Wildman–Crippen MR) is 156 cm³/mol. The molecule has 0 saturated carbocycles. The summed E-state index contributed by atoms with van der Waals surface area (Å²) in [7, 11) is 2.14. The number of hydrogen-bond acceptors (Lipinski definition) is 6. The number of rotatable bonds is 8. The Morgan fingerprint density at radius 3 is 2.28 bits per heavy atom. The van der Waals surface area contributed by atoms with Crippen molar-refractivity contribution in [3.8, 4) is 16.9 Å². The Morgan fingerprint density at radius 1 is 0.872 bits per heavy atom. The van der Waals surface area contributed by atoms with Gasteiger partial charge in [0.1, 0.15) is 18.0 Å². The van der Waals surface area contributed by atoms with Gasteiger partial charge in [0, 0.05) is 38.3 Å². The molecule has 7 nitrogen and oxygen atoms in total. The van der Waals surface area contributed by atoms with Gasteiger partial charge in [-0.05, 0) is 75.7 Å². The van der Waals surface area contributed by atoms with Crippen molar-refractivity contribution in [2.24, 2.45) is 0 Å². The minimum absolute atomic E-state index is 0.301. The molecule has 1 aliphatic rings. The smallest absolute Gasteiger partial charge is 0.340 e. The van der Waals surface area contributed by atoms with E-state index in [2.05, 4.69) is 22.2 Å². The van der Waals surface area contributed by atoms with Gasteiger partial charge in [-0.3, -0.25) is 9.69 Å². The van der Waals surface area contributed by atoms with Crippen molar-refractivity contribution < 1.29 is 19.1 Å². The fourth-order valence-electron chi connectivity index (χ4n) is 4.46. The average Bonchev–Trinajstić information content (AvgIpc) is 2.90. The molecule has 0 bridgehead atoms. The number of likely N-dealkylation sites (N-methyl/N-ethyl adjacent to an activating group) is 1. The molecule has 4 rings (SSSR count). The first-order valence-corrected chi connectivity index (χ1v) is 13.5. The number of ether oxygens (including phenoxy) is 2. The van der Waals surface area contributed by atoms with Gasteiger partial charge in [0.25, 0.3) is 5.91 Å². The number of nitrogens with one attached hydrogen (secondary N) is 1. The first-order valence-electron chi connectivity index (χ1n) is 13.5. The second-order valence-electron chi connectivity index (χ2n) is 11.1. The molecule has 7 heteroatoms. The zero-order valence-corrected chi connectivity index (χ0v) is 23.6. The molecule has 206 valence electrons. The van der Waals surface area contributed by atoms with Crippen LogP contribution >= 0.6 is 0 Å². The van der Waals surface area contributed by atoms with Crippen LogP contribution in [0.4, 0.5) is 5.69 Å². The summed E-state index contributed by atoms with van der Waals surface area (Å²) in [5, 5.41) is 2.98. The molecule has 0 spiro atoms. The number of hydrogen-bond donors (Lipinski definition) is 1. The summed E-state index contributed by atoms with van der Waals surface area (Å²) in [6.07, 6.45) is 0. The van der Waals surface area contributed by atoms with Crippen molar-refractivity contribution >= 4 is 17.6 Å². The van der Waals surface area contributed by atoms with E-state index in [1.807, 2.05) is 82.3 Å². The molecule has 0 atom stereocenters. The molecule has 1 heterocycles. The highest BCUT2D eigenvalue weighted by Gasteiger charge is 2.23. The van der Waals surface area contributed by atoms with Gasteiger partial charge >= 0.3 is 5.97 Å². The summed E-state index contributed by atoms with van der Waals surface area (Å²) >= 11 is 0. The molecule has 1 fully saturated rings. The number of amides is 1. The molecule has 3 aromatic carbocycles. The maximum Gasteiger partial charge on any atom is 0.340 e. The zero-order valence-electron chi connectivity index (χ0n) is 23.6. The Labute approximate surface area is 231 Å². The van der Waals surface area contributed by atoms with Crippen LogP contribution in [0.1, 0.15) is 47.1 Å². The van der Waals surface area contributed by atoms with Gasteiger partial charge in [-0.15, -0.1) is 0 Å². The molecule has 3 aromatic rings. The summed E-state index contributed by atoms with van der Waals surface area (Å²) in [5.74, 6) is -0.160. The number of nitrogens with zero attached hydrogens (tertiary/aromatic N) is 2. The van der Waals surface area contributed by atoms with Gasteiger partial charge in [0.2, 0.25) is 0 Å². The van der Waals surface area contributed by atoms with Gasteiger partial charge in [-0.1, -0.05) is 42.5 Å². The highest BCUT2D eigenvalue weighted by Crippen LogP contribution is 2.28. The van der Waals surface area contributed by atoms with Gasteiger partial charge in [0.05, 0.1) is 11.3 Å². The molecular weight excluding hydrogens is 490 g/mol. The predicted octanol–water partition coefficient (Wildman–Crippen LogP) is 5.50. The number of carbonyl (C=O) groups excluding carboxylic acids is 2. The van der Waals surface area contributed by atoms with Crippen molar-refractivity contribution in [1.82, 2.24) is 9.80 Å². The molecule has 0 aromatic heterocycles. The zero-order chi connectivity index (χ0) is 28.0. The standard InChI is InChI=1S/C32H39N3O4/c1-23-11-13-26(38-20-19-35-17-15-34(5)16-18-35)22-28(23)30(36)33-29-21-25(24-9-7-6-8-10-24)12-14-27(29)31(37)39-32(2,3)4/h6-14,21-22H,15-20H2,1-5H3,(H,33,36). The Bertz CT molecular complexity index is 1290. The third-order valence-electron chi connectivity index (χ3n) is 6.72. The molecule has 1 amide bonds. The minimum Gasteiger partial charge on any atom is -0.492 e. The summed E-state index contributed by atoms with van der Waals surface area (Å²) in [6.45, 7) is 12.9. The lowest BCUT2D eigenvalue weighted by molar-refractivity contribution is 0.00707. The minimum atomic E-state index is -0.664. The highest BCUT2D eigenvalue weighted by atomic mass is 16.6. The fraction of sp³-hybridized carbons (Fsp3) is 0.375. The molecule has 39 heavy (non-hydrogen) atoms. The van der Waals surface area contributed by atoms with E-state index in [1.165, 1.54) is 0 Å². The number of anilines is 1. The summed E-state index contributed by atoms with van der Waals surface area (Å²) in [4.78, 5) is 31.3. The normalized spacial score (nSPS) is 14.6. The van der Waals surface area contributed by atoms with E-state index in [0.717, 1.165) is 49.4 Å². The van der Waals surface area contributed by atoms with Crippen molar-refractivity contribution in [2.45, 2.75) is 33.3 Å². The van der Waals surface area contributed by atoms with Crippen molar-refractivity contribution in [2.75, 3.05) is 51.7 Å². The van der Waals surface area contributed by atoms with Crippen molar-refractivity contribution in [1.29, 1.82) is 0 Å². The first kappa shape index (κ1) is 28.3. The third-order valence-corrected chi connectivity index (χ3v) is 6.72. The molecule has 0 aliphatic carbocycles. The topological polar surface area (TPSA) is 71.1 Å². The number of piperazine rings is 1. The molecule has 1 saturated heterocycles. The Hall–Kier alpha value is -3.68. The number of esters is 1. The van der Waals surface area contributed by atoms with E-state index in [1.54, 1.807) is 12.1 Å². The van der Waals surface area contributed by atoms with Crippen LogP contribution in [0.5, 0.6) is 5.75 Å². The maximum absolute atomic E-state index is 13.5. The molecule has 1 aliphatic heterocycles. The average molecular weight is 530 g/mol. The second-order valence-corrected chi connectivity index (χ2v) is 11.1. The third kappa shape index (κ3) is 7.91. The van der Waals surface area contributed by atoms with Crippen LogP contribution in [0, 0.1) is 6.92 Å². The molecule has 0 unspecified atom stereocenters. The van der Waals surface area contributed by atoms with E-state index in [9.17, 15) is 9.59 Å². The van der Waals surface area contributed by atoms with Crippen molar-refractivity contribution in [3.63, 3.8) is 0 Å². The molecule has 1 N–H and O–H groups in total. The Kier molecular flexibility index (Phi) is 9.04. The molecular formula is C32H39N3O4. The lowest BCUT2D eigenvalue weighted by atomic mass is 10.0.